The second-order valence-electron chi connectivity index (χ2n) is 6.44. The van der Waals surface area contributed by atoms with Crippen molar-refractivity contribution in [1.82, 2.24) is 0 Å². The first kappa shape index (κ1) is 16.3. The van der Waals surface area contributed by atoms with Crippen molar-refractivity contribution < 1.29 is 14.3 Å². The molecule has 130 valence electrons. The average Bonchev–Trinajstić information content (AvgIpc) is 3.10. The highest BCUT2D eigenvalue weighted by Gasteiger charge is 2.24. The van der Waals surface area contributed by atoms with Gasteiger partial charge in [0.1, 0.15) is 0 Å². The Labute approximate surface area is 152 Å². The first-order valence-electron chi connectivity index (χ1n) is 8.72. The normalized spacial score (nSPS) is 12.8. The molecule has 0 radical (unpaired) electrons. The van der Waals surface area contributed by atoms with Crippen LogP contribution >= 0.6 is 0 Å². The molecule has 0 atom stereocenters. The van der Waals surface area contributed by atoms with Crippen molar-refractivity contribution in [3.8, 4) is 0 Å². The number of anilines is 1. The lowest BCUT2D eigenvalue weighted by Gasteiger charge is -2.17. The van der Waals surface area contributed by atoms with Gasteiger partial charge in [-0.3, -0.25) is 9.59 Å². The maximum absolute atomic E-state index is 12.4. The van der Waals surface area contributed by atoms with Crippen molar-refractivity contribution in [1.29, 1.82) is 0 Å². The number of amides is 1. The maximum atomic E-state index is 12.4. The van der Waals surface area contributed by atoms with Gasteiger partial charge in [0.05, 0.1) is 6.42 Å². The van der Waals surface area contributed by atoms with Gasteiger partial charge in [-0.1, -0.05) is 60.7 Å². The fraction of sp³-hybridized carbons (Fsp3) is 0.182. The van der Waals surface area contributed by atoms with E-state index in [2.05, 4.69) is 0 Å². The minimum Gasteiger partial charge on any atom is -0.455 e. The number of hydrogen-bond donors (Lipinski definition) is 0. The van der Waals surface area contributed by atoms with Crippen molar-refractivity contribution >= 4 is 28.3 Å². The van der Waals surface area contributed by atoms with E-state index in [1.807, 2.05) is 66.7 Å². The standard InChI is InChI=1S/C22H19NO3/c24-21(23-12-11-18-6-3-4-8-20(18)23)15-26-22(25)14-16-9-10-17-5-1-2-7-19(17)13-16/h1-10,13H,11-12,14-15H2. The molecule has 0 saturated heterocycles. The molecule has 4 nitrogen and oxygen atoms in total. The number of carbonyl (C=O) groups is 2. The van der Waals surface area contributed by atoms with Gasteiger partial charge >= 0.3 is 5.97 Å². The van der Waals surface area contributed by atoms with Crippen LogP contribution in [0, 0.1) is 0 Å². The smallest absolute Gasteiger partial charge is 0.310 e. The Kier molecular flexibility index (Phi) is 4.40. The summed E-state index contributed by atoms with van der Waals surface area (Å²) in [5.74, 6) is -0.567. The van der Waals surface area contributed by atoms with Crippen LogP contribution in [0.4, 0.5) is 5.69 Å². The van der Waals surface area contributed by atoms with Gasteiger partial charge in [0.2, 0.25) is 0 Å². The van der Waals surface area contributed by atoms with E-state index in [9.17, 15) is 9.59 Å². The molecule has 3 aromatic rings. The molecule has 1 heterocycles. The summed E-state index contributed by atoms with van der Waals surface area (Å²) in [6.07, 6.45) is 1.00. The van der Waals surface area contributed by atoms with Crippen LogP contribution in [0.2, 0.25) is 0 Å². The first-order valence-corrected chi connectivity index (χ1v) is 8.72. The summed E-state index contributed by atoms with van der Waals surface area (Å²) >= 11 is 0. The lowest BCUT2D eigenvalue weighted by molar-refractivity contribution is -0.147. The zero-order chi connectivity index (χ0) is 17.9. The monoisotopic (exact) mass is 345 g/mol. The molecule has 0 bridgehead atoms. The third kappa shape index (κ3) is 3.31. The number of esters is 1. The molecule has 0 aliphatic carbocycles. The molecule has 26 heavy (non-hydrogen) atoms. The van der Waals surface area contributed by atoms with Crippen LogP contribution in [0.15, 0.2) is 66.7 Å². The Morgan fingerprint density at radius 2 is 1.69 bits per heavy atom. The van der Waals surface area contributed by atoms with Gasteiger partial charge in [-0.25, -0.2) is 0 Å². The van der Waals surface area contributed by atoms with Crippen LogP contribution in [0.3, 0.4) is 0 Å². The Balaban J connectivity index is 1.35. The molecule has 0 N–H and O–H groups in total. The molecule has 0 saturated carbocycles. The van der Waals surface area contributed by atoms with Crippen LogP contribution in [-0.4, -0.2) is 25.0 Å². The number of carbonyl (C=O) groups excluding carboxylic acids is 2. The molecule has 0 spiro atoms. The zero-order valence-electron chi connectivity index (χ0n) is 14.4. The Hall–Kier alpha value is -3.14. The zero-order valence-corrected chi connectivity index (χ0v) is 14.4. The predicted octanol–water partition coefficient (Wildman–Crippen LogP) is 3.51. The fourth-order valence-corrected chi connectivity index (χ4v) is 3.38. The van der Waals surface area contributed by atoms with Gasteiger partial charge in [-0.05, 0) is 34.4 Å². The van der Waals surface area contributed by atoms with Crippen molar-refractivity contribution in [3.05, 3.63) is 77.9 Å². The summed E-state index contributed by atoms with van der Waals surface area (Å²) in [6.45, 7) is 0.418. The van der Waals surface area contributed by atoms with Gasteiger partial charge in [0.15, 0.2) is 6.61 Å². The molecule has 1 aliphatic heterocycles. The van der Waals surface area contributed by atoms with Gasteiger partial charge in [-0.15, -0.1) is 0 Å². The molecule has 1 amide bonds. The number of fused-ring (bicyclic) bond motifs is 2. The lowest BCUT2D eigenvalue weighted by atomic mass is 10.1. The van der Waals surface area contributed by atoms with E-state index >= 15 is 0 Å². The molecule has 4 heteroatoms. The Morgan fingerprint density at radius 1 is 0.923 bits per heavy atom. The second-order valence-corrected chi connectivity index (χ2v) is 6.44. The number of ether oxygens (including phenoxy) is 1. The number of benzene rings is 3. The molecule has 1 aliphatic rings. The minimum absolute atomic E-state index is 0.161. The van der Waals surface area contributed by atoms with E-state index in [1.54, 1.807) is 4.90 Å². The molecule has 3 aromatic carbocycles. The summed E-state index contributed by atoms with van der Waals surface area (Å²) in [7, 11) is 0. The highest BCUT2D eigenvalue weighted by atomic mass is 16.5. The quantitative estimate of drug-likeness (QED) is 0.680. The van der Waals surface area contributed by atoms with Gasteiger partial charge in [0, 0.05) is 12.2 Å². The lowest BCUT2D eigenvalue weighted by Crippen LogP contribution is -2.33. The minimum atomic E-state index is -0.388. The summed E-state index contributed by atoms with van der Waals surface area (Å²) in [5, 5.41) is 2.22. The van der Waals surface area contributed by atoms with E-state index in [0.717, 1.165) is 34.0 Å². The molecule has 0 unspecified atom stereocenters. The van der Waals surface area contributed by atoms with Gasteiger partial charge in [-0.2, -0.15) is 0 Å². The fourth-order valence-electron chi connectivity index (χ4n) is 3.38. The maximum Gasteiger partial charge on any atom is 0.310 e. The average molecular weight is 345 g/mol. The van der Waals surface area contributed by atoms with Crippen molar-refractivity contribution in [2.75, 3.05) is 18.1 Å². The Morgan fingerprint density at radius 3 is 2.58 bits per heavy atom. The van der Waals surface area contributed by atoms with E-state index < -0.39 is 0 Å². The van der Waals surface area contributed by atoms with Gasteiger partial charge < -0.3 is 9.64 Å². The number of para-hydroxylation sites is 1. The van der Waals surface area contributed by atoms with Crippen LogP contribution in [0.1, 0.15) is 11.1 Å². The third-order valence-corrected chi connectivity index (χ3v) is 4.71. The molecule has 0 aromatic heterocycles. The van der Waals surface area contributed by atoms with E-state index in [1.165, 1.54) is 0 Å². The molecular formula is C22H19NO3. The van der Waals surface area contributed by atoms with E-state index in [4.69, 9.17) is 4.74 Å². The second kappa shape index (κ2) is 7.00. The van der Waals surface area contributed by atoms with Crippen LogP contribution in [-0.2, 0) is 27.2 Å². The third-order valence-electron chi connectivity index (χ3n) is 4.71. The van der Waals surface area contributed by atoms with Crippen LogP contribution < -0.4 is 4.90 Å². The van der Waals surface area contributed by atoms with E-state index in [-0.39, 0.29) is 24.9 Å². The van der Waals surface area contributed by atoms with Crippen LogP contribution in [0.5, 0.6) is 0 Å². The van der Waals surface area contributed by atoms with Crippen molar-refractivity contribution in [2.45, 2.75) is 12.8 Å². The van der Waals surface area contributed by atoms with Crippen molar-refractivity contribution in [3.63, 3.8) is 0 Å². The largest absolute Gasteiger partial charge is 0.455 e. The molecule has 4 rings (SSSR count). The highest BCUT2D eigenvalue weighted by Crippen LogP contribution is 2.27. The summed E-state index contributed by atoms with van der Waals surface area (Å²) < 4.78 is 5.22. The van der Waals surface area contributed by atoms with Gasteiger partial charge in [0.25, 0.3) is 5.91 Å². The predicted molar refractivity (Wildman–Crippen MR) is 101 cm³/mol. The van der Waals surface area contributed by atoms with Crippen molar-refractivity contribution in [2.24, 2.45) is 0 Å². The number of rotatable bonds is 4. The molecular weight excluding hydrogens is 326 g/mol. The summed E-state index contributed by atoms with van der Waals surface area (Å²) in [5.41, 5.74) is 2.96. The molecule has 0 fully saturated rings. The van der Waals surface area contributed by atoms with Crippen LogP contribution in [0.25, 0.3) is 10.8 Å². The topological polar surface area (TPSA) is 46.6 Å². The summed E-state index contributed by atoms with van der Waals surface area (Å²) in [4.78, 5) is 26.2. The first-order chi connectivity index (χ1) is 12.7. The highest BCUT2D eigenvalue weighted by molar-refractivity contribution is 5.97. The SMILES string of the molecule is O=C(Cc1ccc2ccccc2c1)OCC(=O)N1CCc2ccccc21. The number of hydrogen-bond acceptors (Lipinski definition) is 3. The van der Waals surface area contributed by atoms with E-state index in [0.29, 0.717) is 6.54 Å². The number of nitrogens with zero attached hydrogens (tertiary/aromatic N) is 1. The summed E-state index contributed by atoms with van der Waals surface area (Å²) in [6, 6.07) is 21.7. The Bertz CT molecular complexity index is 980.